The molecule has 1 aromatic heterocycles. The van der Waals surface area contributed by atoms with Crippen molar-refractivity contribution in [2.45, 2.75) is 33.2 Å². The van der Waals surface area contributed by atoms with Crippen molar-refractivity contribution in [2.24, 2.45) is 7.05 Å². The van der Waals surface area contributed by atoms with Crippen molar-refractivity contribution in [1.82, 2.24) is 24.9 Å². The molecule has 1 aromatic carbocycles. The summed E-state index contributed by atoms with van der Waals surface area (Å²) < 4.78 is 1.77. The molecule has 0 unspecified atom stereocenters. The molecule has 0 atom stereocenters. The van der Waals surface area contributed by atoms with Crippen molar-refractivity contribution in [3.05, 3.63) is 41.6 Å². The molecule has 0 radical (unpaired) electrons. The van der Waals surface area contributed by atoms with Crippen molar-refractivity contribution >= 4 is 5.91 Å². The van der Waals surface area contributed by atoms with Gasteiger partial charge in [0.05, 0.1) is 5.69 Å². The van der Waals surface area contributed by atoms with Crippen LogP contribution in [0.25, 0.3) is 11.3 Å². The first kappa shape index (κ1) is 20.6. The maximum atomic E-state index is 12.7. The van der Waals surface area contributed by atoms with Gasteiger partial charge < -0.3 is 10.2 Å². The van der Waals surface area contributed by atoms with Gasteiger partial charge in [-0.25, -0.2) is 0 Å². The van der Waals surface area contributed by atoms with Crippen LogP contribution in [0, 0.1) is 6.92 Å². The average molecular weight is 384 g/mol. The van der Waals surface area contributed by atoms with Gasteiger partial charge in [-0.05, 0) is 38.9 Å². The van der Waals surface area contributed by atoms with Crippen molar-refractivity contribution < 1.29 is 4.79 Å². The third-order valence-electron chi connectivity index (χ3n) is 5.82. The lowest BCUT2D eigenvalue weighted by Crippen LogP contribution is -2.58. The highest BCUT2D eigenvalue weighted by molar-refractivity contribution is 5.93. The molecule has 28 heavy (non-hydrogen) atoms. The molecule has 2 aromatic rings. The molecule has 1 saturated heterocycles. The highest BCUT2D eigenvalue weighted by atomic mass is 16.2. The predicted octanol–water partition coefficient (Wildman–Crippen LogP) is 2.54. The Morgan fingerprint density at radius 2 is 1.79 bits per heavy atom. The summed E-state index contributed by atoms with van der Waals surface area (Å²) in [5.74, 6) is -0.116. The molecule has 1 fully saturated rings. The molecule has 0 spiro atoms. The van der Waals surface area contributed by atoms with E-state index in [0.717, 1.165) is 44.0 Å². The van der Waals surface area contributed by atoms with E-state index in [1.165, 1.54) is 5.56 Å². The first-order valence-corrected chi connectivity index (χ1v) is 10.2. The van der Waals surface area contributed by atoms with Gasteiger partial charge in [0.2, 0.25) is 0 Å². The molecular weight excluding hydrogens is 350 g/mol. The molecule has 0 bridgehead atoms. The quantitative estimate of drug-likeness (QED) is 0.833. The summed E-state index contributed by atoms with van der Waals surface area (Å²) in [6.07, 6.45) is 0. The third-order valence-corrected chi connectivity index (χ3v) is 5.82. The second kappa shape index (κ2) is 8.45. The first-order chi connectivity index (χ1) is 13.3. The largest absolute Gasteiger partial charge is 0.349 e. The SMILES string of the molecule is CCN1CCN(C(C)(C)CNC(=O)c2cc(-c3ccc(C)cc3)n(C)n2)CC1. The van der Waals surface area contributed by atoms with Gasteiger partial charge >= 0.3 is 0 Å². The Bertz CT molecular complexity index is 801. The van der Waals surface area contributed by atoms with E-state index in [1.54, 1.807) is 4.68 Å². The number of amides is 1. The number of rotatable bonds is 6. The van der Waals surface area contributed by atoms with Crippen molar-refractivity contribution in [3.63, 3.8) is 0 Å². The van der Waals surface area contributed by atoms with Gasteiger partial charge in [-0.1, -0.05) is 36.8 Å². The number of aryl methyl sites for hydroxylation is 2. The van der Waals surface area contributed by atoms with Crippen LogP contribution in [0.1, 0.15) is 36.8 Å². The Labute approximate surface area is 168 Å². The number of likely N-dealkylation sites (N-methyl/N-ethyl adjacent to an activating group) is 1. The minimum atomic E-state index is -0.116. The van der Waals surface area contributed by atoms with Crippen LogP contribution in [0.4, 0.5) is 0 Å². The van der Waals surface area contributed by atoms with Crippen molar-refractivity contribution in [3.8, 4) is 11.3 Å². The van der Waals surface area contributed by atoms with E-state index in [2.05, 4.69) is 72.2 Å². The number of carbonyl (C=O) groups is 1. The van der Waals surface area contributed by atoms with Crippen LogP contribution in [-0.2, 0) is 7.05 Å². The zero-order valence-electron chi connectivity index (χ0n) is 17.8. The summed E-state index contributed by atoms with van der Waals surface area (Å²) in [6, 6.07) is 10.1. The zero-order chi connectivity index (χ0) is 20.3. The van der Waals surface area contributed by atoms with Crippen LogP contribution in [0.3, 0.4) is 0 Å². The molecule has 152 valence electrons. The Morgan fingerprint density at radius 1 is 1.14 bits per heavy atom. The van der Waals surface area contributed by atoms with Crippen LogP contribution < -0.4 is 5.32 Å². The molecule has 1 aliphatic heterocycles. The van der Waals surface area contributed by atoms with Gasteiger partial charge in [-0.15, -0.1) is 0 Å². The Morgan fingerprint density at radius 3 is 2.39 bits per heavy atom. The maximum Gasteiger partial charge on any atom is 0.271 e. The predicted molar refractivity (Wildman–Crippen MR) is 113 cm³/mol. The second-order valence-electron chi connectivity index (χ2n) is 8.32. The third kappa shape index (κ3) is 4.62. The molecule has 1 N–H and O–H groups in total. The van der Waals surface area contributed by atoms with Gasteiger partial charge in [-0.3, -0.25) is 14.4 Å². The molecule has 1 amide bonds. The minimum Gasteiger partial charge on any atom is -0.349 e. The van der Waals surface area contributed by atoms with Gasteiger partial charge in [0.1, 0.15) is 0 Å². The van der Waals surface area contributed by atoms with Crippen molar-refractivity contribution in [1.29, 1.82) is 0 Å². The van der Waals surface area contributed by atoms with Gasteiger partial charge in [0.15, 0.2) is 5.69 Å². The fraction of sp³-hybridized carbons (Fsp3) is 0.545. The summed E-state index contributed by atoms with van der Waals surface area (Å²) in [6.45, 7) is 14.6. The fourth-order valence-electron chi connectivity index (χ4n) is 3.74. The van der Waals surface area contributed by atoms with E-state index in [-0.39, 0.29) is 11.4 Å². The summed E-state index contributed by atoms with van der Waals surface area (Å²) in [4.78, 5) is 17.6. The number of hydrogen-bond acceptors (Lipinski definition) is 4. The summed E-state index contributed by atoms with van der Waals surface area (Å²) in [5.41, 5.74) is 3.61. The number of hydrogen-bond donors (Lipinski definition) is 1. The Balaban J connectivity index is 1.62. The standard InChI is InChI=1S/C22H33N5O/c1-6-26-11-13-27(14-12-26)22(3,4)16-23-21(28)19-15-20(25(5)24-19)18-9-7-17(2)8-10-18/h7-10,15H,6,11-14,16H2,1-5H3,(H,23,28). The van der Waals surface area contributed by atoms with Crippen LogP contribution >= 0.6 is 0 Å². The van der Waals surface area contributed by atoms with Gasteiger partial charge in [0, 0.05) is 45.3 Å². The van der Waals surface area contributed by atoms with Gasteiger partial charge in [-0.2, -0.15) is 5.10 Å². The smallest absolute Gasteiger partial charge is 0.271 e. The van der Waals surface area contributed by atoms with Crippen LogP contribution in [0.5, 0.6) is 0 Å². The molecule has 1 aliphatic rings. The van der Waals surface area contributed by atoms with Crippen molar-refractivity contribution in [2.75, 3.05) is 39.3 Å². The number of nitrogens with one attached hydrogen (secondary N) is 1. The number of piperazine rings is 1. The monoisotopic (exact) mass is 383 g/mol. The van der Waals surface area contributed by atoms with E-state index < -0.39 is 0 Å². The fourth-order valence-corrected chi connectivity index (χ4v) is 3.74. The second-order valence-corrected chi connectivity index (χ2v) is 8.32. The lowest BCUT2D eigenvalue weighted by molar-refractivity contribution is 0.0520. The molecular formula is C22H33N5O. The normalized spacial score (nSPS) is 16.3. The molecule has 3 rings (SSSR count). The van der Waals surface area contributed by atoms with E-state index >= 15 is 0 Å². The number of aromatic nitrogens is 2. The van der Waals surface area contributed by atoms with Crippen LogP contribution in [0.2, 0.25) is 0 Å². The summed E-state index contributed by atoms with van der Waals surface area (Å²) in [5, 5.41) is 7.52. The van der Waals surface area contributed by atoms with Gasteiger partial charge in [0.25, 0.3) is 5.91 Å². The van der Waals surface area contributed by atoms with Crippen LogP contribution in [-0.4, -0.2) is 70.3 Å². The highest BCUT2D eigenvalue weighted by Crippen LogP contribution is 2.21. The Hall–Kier alpha value is -2.18. The topological polar surface area (TPSA) is 53.4 Å². The van der Waals surface area contributed by atoms with E-state index in [1.807, 2.05) is 13.1 Å². The summed E-state index contributed by atoms with van der Waals surface area (Å²) >= 11 is 0. The summed E-state index contributed by atoms with van der Waals surface area (Å²) in [7, 11) is 1.88. The zero-order valence-corrected chi connectivity index (χ0v) is 17.8. The number of nitrogens with zero attached hydrogens (tertiary/aromatic N) is 4. The molecule has 6 heteroatoms. The minimum absolute atomic E-state index is 0.0793. The molecule has 2 heterocycles. The Kier molecular flexibility index (Phi) is 6.20. The lowest BCUT2D eigenvalue weighted by Gasteiger charge is -2.44. The molecule has 0 aliphatic carbocycles. The highest BCUT2D eigenvalue weighted by Gasteiger charge is 2.30. The molecule has 0 saturated carbocycles. The lowest BCUT2D eigenvalue weighted by atomic mass is 10.0. The van der Waals surface area contributed by atoms with E-state index in [9.17, 15) is 4.79 Å². The molecule has 6 nitrogen and oxygen atoms in total. The number of benzene rings is 1. The van der Waals surface area contributed by atoms with E-state index in [4.69, 9.17) is 0 Å². The first-order valence-electron chi connectivity index (χ1n) is 10.2. The average Bonchev–Trinajstić information content (AvgIpc) is 3.08. The van der Waals surface area contributed by atoms with E-state index in [0.29, 0.717) is 12.2 Å². The number of carbonyl (C=O) groups excluding carboxylic acids is 1. The van der Waals surface area contributed by atoms with Crippen LogP contribution in [0.15, 0.2) is 30.3 Å². The maximum absolute atomic E-state index is 12.7.